The Kier molecular flexibility index (Phi) is 12.9. The minimum atomic E-state index is -0.883. The van der Waals surface area contributed by atoms with E-state index in [0.29, 0.717) is 31.3 Å². The van der Waals surface area contributed by atoms with Gasteiger partial charge in [-0.15, -0.1) is 0 Å². The molecule has 3 aliphatic rings. The number of carbonyl (C=O) groups excluding carboxylic acids is 5. The Labute approximate surface area is 377 Å². The van der Waals surface area contributed by atoms with Gasteiger partial charge in [0.25, 0.3) is 0 Å². The molecule has 5 aromatic rings. The first-order valence-corrected chi connectivity index (χ1v) is 22.0. The van der Waals surface area contributed by atoms with Crippen molar-refractivity contribution in [2.45, 2.75) is 77.8 Å². The van der Waals surface area contributed by atoms with Gasteiger partial charge in [0.05, 0.1) is 57.3 Å². The zero-order valence-corrected chi connectivity index (χ0v) is 37.5. The van der Waals surface area contributed by atoms with Crippen LogP contribution < -0.4 is 10.6 Å². The molecule has 17 heteroatoms. The number of benzene rings is 3. The maximum absolute atomic E-state index is 14.2. The number of likely N-dealkylation sites (tertiary alicyclic amines) is 1. The Morgan fingerprint density at radius 2 is 1.09 bits per heavy atom. The Hall–Kier alpha value is -7.17. The maximum Gasteiger partial charge on any atom is 0.407 e. The van der Waals surface area contributed by atoms with Crippen molar-refractivity contribution in [3.05, 3.63) is 108 Å². The summed E-state index contributed by atoms with van der Waals surface area (Å²) in [7, 11) is 2.54. The van der Waals surface area contributed by atoms with Crippen molar-refractivity contribution in [2.75, 3.05) is 34.0 Å². The van der Waals surface area contributed by atoms with Gasteiger partial charge in [0.15, 0.2) is 0 Å². The molecule has 2 saturated heterocycles. The molecule has 0 spiro atoms. The van der Waals surface area contributed by atoms with Gasteiger partial charge in [0.2, 0.25) is 11.8 Å². The number of hydrogen-bond donors (Lipinski definition) is 4. The smallest absolute Gasteiger partial charge is 0.407 e. The molecule has 65 heavy (non-hydrogen) atoms. The number of carbonyl (C=O) groups is 5. The highest BCUT2D eigenvalue weighted by Gasteiger charge is 2.44. The zero-order valence-electron chi connectivity index (χ0n) is 37.5. The number of amides is 6. The molecule has 0 saturated carbocycles. The van der Waals surface area contributed by atoms with Gasteiger partial charge in [-0.3, -0.25) is 9.59 Å². The van der Waals surface area contributed by atoms with Crippen LogP contribution in [-0.4, -0.2) is 116 Å². The minimum Gasteiger partial charge on any atom is -0.453 e. The van der Waals surface area contributed by atoms with Gasteiger partial charge in [-0.1, -0.05) is 100 Å². The van der Waals surface area contributed by atoms with Crippen LogP contribution in [0.15, 0.2) is 85.2 Å². The topological polar surface area (TPSA) is 198 Å². The largest absolute Gasteiger partial charge is 0.453 e. The first kappa shape index (κ1) is 44.4. The molecule has 17 nitrogen and oxygen atoms in total. The van der Waals surface area contributed by atoms with Crippen molar-refractivity contribution < 1.29 is 33.4 Å². The fourth-order valence-corrected chi connectivity index (χ4v) is 8.97. The summed E-state index contributed by atoms with van der Waals surface area (Å²) in [4.78, 5) is 89.3. The normalized spacial score (nSPS) is 17.9. The van der Waals surface area contributed by atoms with Gasteiger partial charge in [-0.25, -0.2) is 24.4 Å². The summed E-state index contributed by atoms with van der Waals surface area (Å²) < 4.78 is 9.60. The third-order valence-electron chi connectivity index (χ3n) is 12.6. The number of nitrogens with one attached hydrogen (secondary N) is 4. The van der Waals surface area contributed by atoms with Gasteiger partial charge in [-0.2, -0.15) is 0 Å². The van der Waals surface area contributed by atoms with Crippen molar-refractivity contribution in [2.24, 2.45) is 11.8 Å². The number of aromatic nitrogens is 4. The molecule has 3 aromatic carbocycles. The van der Waals surface area contributed by atoms with Crippen molar-refractivity contribution in [3.63, 3.8) is 0 Å². The molecular formula is C48H56N10O7. The Bertz CT molecular complexity index is 2510. The molecule has 2 unspecified atom stereocenters. The fourth-order valence-electron chi connectivity index (χ4n) is 8.97. The van der Waals surface area contributed by atoms with Crippen LogP contribution in [0.2, 0.25) is 0 Å². The molecule has 4 atom stereocenters. The van der Waals surface area contributed by atoms with E-state index in [1.54, 1.807) is 32.0 Å². The predicted octanol–water partition coefficient (Wildman–Crippen LogP) is 6.84. The lowest BCUT2D eigenvalue weighted by Crippen LogP contribution is -2.52. The number of alkyl carbamates (subject to hydrolysis) is 2. The summed E-state index contributed by atoms with van der Waals surface area (Å²) in [5.74, 6) is 0.360. The molecule has 8 rings (SSSR count). The van der Waals surface area contributed by atoms with E-state index < -0.39 is 30.3 Å². The molecule has 0 bridgehead atoms. The number of urea groups is 1. The number of fused-ring (bicyclic) bond motifs is 1. The SMILES string of the molecule is COC(=O)N[C@H](C(=O)N1CCCC1c1ncc(-c2ccc(-c3ccc(-c4cnc(C5CN(C(=O)N6Cc7ccccc7C6)CN5C(=O)[C@@H](NC(=O)OC)C(C)C)[nH]4)cc3)cc2)[nH]1)C(C)C. The summed E-state index contributed by atoms with van der Waals surface area (Å²) in [5, 5.41) is 5.38. The highest BCUT2D eigenvalue weighted by Crippen LogP contribution is 2.35. The zero-order chi connectivity index (χ0) is 45.9. The monoisotopic (exact) mass is 884 g/mol. The van der Waals surface area contributed by atoms with Crippen LogP contribution >= 0.6 is 0 Å². The number of aromatic amines is 2. The molecule has 4 N–H and O–H groups in total. The molecule has 340 valence electrons. The highest BCUT2D eigenvalue weighted by molar-refractivity contribution is 5.88. The van der Waals surface area contributed by atoms with Crippen molar-refractivity contribution in [1.29, 1.82) is 0 Å². The summed E-state index contributed by atoms with van der Waals surface area (Å²) >= 11 is 0. The molecule has 6 amide bonds. The van der Waals surface area contributed by atoms with Crippen LogP contribution in [0.3, 0.4) is 0 Å². The van der Waals surface area contributed by atoms with Crippen molar-refractivity contribution >= 4 is 30.0 Å². The van der Waals surface area contributed by atoms with E-state index in [2.05, 4.69) is 37.7 Å². The van der Waals surface area contributed by atoms with Gasteiger partial charge in [-0.05, 0) is 58.1 Å². The lowest BCUT2D eigenvalue weighted by Gasteiger charge is -2.30. The average molecular weight is 885 g/mol. The van der Waals surface area contributed by atoms with Crippen molar-refractivity contribution in [1.82, 2.24) is 50.2 Å². The lowest BCUT2D eigenvalue weighted by atomic mass is 10.0. The third kappa shape index (κ3) is 9.26. The lowest BCUT2D eigenvalue weighted by molar-refractivity contribution is -0.136. The van der Waals surface area contributed by atoms with E-state index in [0.717, 1.165) is 57.6 Å². The molecule has 0 aliphatic carbocycles. The Morgan fingerprint density at radius 1 is 0.631 bits per heavy atom. The second-order valence-electron chi connectivity index (χ2n) is 17.5. The number of methoxy groups -OCH3 is 2. The summed E-state index contributed by atoms with van der Waals surface area (Å²) in [5.41, 5.74) is 7.65. The van der Waals surface area contributed by atoms with Crippen LogP contribution in [0.1, 0.15) is 75.4 Å². The summed E-state index contributed by atoms with van der Waals surface area (Å²) in [6, 6.07) is 21.6. The number of ether oxygens (including phenoxy) is 2. The summed E-state index contributed by atoms with van der Waals surface area (Å²) in [6.45, 7) is 9.28. The van der Waals surface area contributed by atoms with E-state index in [9.17, 15) is 24.0 Å². The maximum atomic E-state index is 14.2. The molecule has 0 radical (unpaired) electrons. The second kappa shape index (κ2) is 18.9. The molecular weight excluding hydrogens is 829 g/mol. The summed E-state index contributed by atoms with van der Waals surface area (Å²) in [6.07, 6.45) is 3.77. The Morgan fingerprint density at radius 3 is 1.57 bits per heavy atom. The number of nitrogens with zero attached hydrogens (tertiary/aromatic N) is 6. The van der Waals surface area contributed by atoms with E-state index in [1.165, 1.54) is 14.2 Å². The standard InChI is InChI=1S/C48H56N10O7/c1-28(2)40(53-46(61)64-5)44(59)57-21-9-12-38(57)42-49-22-36(51-42)32-17-13-30(14-18-32)31-15-19-33(20-16-31)37-23-50-43(52-37)39-26-56(48(63)55-24-34-10-7-8-11-35(34)25-55)27-58(39)45(60)41(29(3)4)54-47(62)65-6/h7-8,10-11,13-20,22-23,28-29,38-41H,9,12,21,24-27H2,1-6H3,(H,49,51)(H,50,52)(H,53,61)(H,54,62)/t38?,39?,40-,41-/m0/s1. The van der Waals surface area contributed by atoms with Crippen LogP contribution in [0.25, 0.3) is 33.6 Å². The molecule has 2 fully saturated rings. The third-order valence-corrected chi connectivity index (χ3v) is 12.6. The number of hydrogen-bond acceptors (Lipinski definition) is 9. The van der Waals surface area contributed by atoms with Gasteiger partial charge < -0.3 is 49.7 Å². The number of rotatable bonds is 11. The second-order valence-corrected chi connectivity index (χ2v) is 17.5. The first-order chi connectivity index (χ1) is 31.3. The first-order valence-electron chi connectivity index (χ1n) is 22.0. The minimum absolute atomic E-state index is 0.0307. The Balaban J connectivity index is 0.957. The van der Waals surface area contributed by atoms with Gasteiger partial charge >= 0.3 is 18.2 Å². The highest BCUT2D eigenvalue weighted by atomic mass is 16.5. The van der Waals surface area contributed by atoms with E-state index in [4.69, 9.17) is 14.5 Å². The predicted molar refractivity (Wildman–Crippen MR) is 241 cm³/mol. The van der Waals surface area contributed by atoms with E-state index in [1.807, 2.05) is 88.4 Å². The molecule has 2 aromatic heterocycles. The van der Waals surface area contributed by atoms with Crippen molar-refractivity contribution in [3.8, 4) is 33.6 Å². The van der Waals surface area contributed by atoms with Crippen LogP contribution in [0.4, 0.5) is 14.4 Å². The average Bonchev–Trinajstić information content (AvgIpc) is 4.18. The van der Waals surface area contributed by atoms with E-state index >= 15 is 0 Å². The molecule has 3 aliphatic heterocycles. The molecule has 5 heterocycles. The van der Waals surface area contributed by atoms with Crippen LogP contribution in [0, 0.1) is 11.8 Å². The van der Waals surface area contributed by atoms with Gasteiger partial charge in [0, 0.05) is 19.6 Å². The van der Waals surface area contributed by atoms with Crippen LogP contribution in [0.5, 0.6) is 0 Å². The fraction of sp³-hybridized carbons (Fsp3) is 0.396. The van der Waals surface area contributed by atoms with E-state index in [-0.39, 0.29) is 48.9 Å². The van der Waals surface area contributed by atoms with Crippen LogP contribution in [-0.2, 0) is 32.2 Å². The quantitative estimate of drug-likeness (QED) is 0.110. The van der Waals surface area contributed by atoms with Gasteiger partial charge in [0.1, 0.15) is 29.8 Å². The number of H-pyrrole nitrogens is 2. The number of imidazole rings is 2.